The van der Waals surface area contributed by atoms with Crippen LogP contribution in [0.25, 0.3) is 0 Å². The van der Waals surface area contributed by atoms with Crippen LogP contribution in [0.3, 0.4) is 0 Å². The van der Waals surface area contributed by atoms with Gasteiger partial charge in [-0.3, -0.25) is 4.79 Å². The number of rotatable bonds is 4. The van der Waals surface area contributed by atoms with Gasteiger partial charge in [-0.05, 0) is 26.3 Å². The number of ether oxygens (including phenoxy) is 1. The summed E-state index contributed by atoms with van der Waals surface area (Å²) in [4.78, 5) is 10.9. The lowest BCUT2D eigenvalue weighted by atomic mass is 10.1. The molecule has 0 saturated carbocycles. The topological polar surface area (TPSA) is 26.3 Å². The second kappa shape index (κ2) is 6.89. The van der Waals surface area contributed by atoms with Gasteiger partial charge in [-0.2, -0.15) is 0 Å². The minimum Gasteiger partial charge on any atom is -0.465 e. The molecule has 13 heavy (non-hydrogen) atoms. The Morgan fingerprint density at radius 3 is 2.54 bits per heavy atom. The number of carbonyl (C=O) groups is 1. The third-order valence-corrected chi connectivity index (χ3v) is 2.38. The Morgan fingerprint density at radius 1 is 1.54 bits per heavy atom. The molecule has 1 unspecified atom stereocenters. The van der Waals surface area contributed by atoms with E-state index < -0.39 is 0 Å². The Morgan fingerprint density at radius 2 is 2.15 bits per heavy atom. The van der Waals surface area contributed by atoms with Crippen LogP contribution in [0.15, 0.2) is 23.8 Å². The molecule has 0 aliphatic carbocycles. The van der Waals surface area contributed by atoms with E-state index in [0.717, 1.165) is 5.57 Å². The molecular weight excluding hydrogens is 232 g/mol. The SMILES string of the molecule is C/C=C\C(=C/C)C(Br)C(=O)OCC. The van der Waals surface area contributed by atoms with Gasteiger partial charge in [-0.15, -0.1) is 0 Å². The molecule has 0 fully saturated rings. The van der Waals surface area contributed by atoms with Gasteiger partial charge in [-0.1, -0.05) is 34.2 Å². The second-order valence-corrected chi connectivity index (χ2v) is 3.32. The molecule has 0 aliphatic rings. The quantitative estimate of drug-likeness (QED) is 0.433. The first-order valence-corrected chi connectivity index (χ1v) is 5.18. The van der Waals surface area contributed by atoms with Crippen molar-refractivity contribution < 1.29 is 9.53 Å². The van der Waals surface area contributed by atoms with Crippen LogP contribution < -0.4 is 0 Å². The standard InChI is InChI=1S/C10H15BrO2/c1-4-7-8(5-2)9(11)10(12)13-6-3/h4-5,7,9H,6H2,1-3H3/b7-4-,8-5+. The van der Waals surface area contributed by atoms with Gasteiger partial charge in [-0.25, -0.2) is 0 Å². The summed E-state index contributed by atoms with van der Waals surface area (Å²) in [5.74, 6) is -0.242. The minimum absolute atomic E-state index is 0.242. The molecule has 0 N–H and O–H groups in total. The molecule has 0 saturated heterocycles. The van der Waals surface area contributed by atoms with Crippen molar-refractivity contribution in [3.05, 3.63) is 23.8 Å². The van der Waals surface area contributed by atoms with E-state index in [1.165, 1.54) is 0 Å². The van der Waals surface area contributed by atoms with E-state index >= 15 is 0 Å². The van der Waals surface area contributed by atoms with Crippen molar-refractivity contribution in [1.29, 1.82) is 0 Å². The van der Waals surface area contributed by atoms with E-state index in [0.29, 0.717) is 6.61 Å². The number of halogens is 1. The van der Waals surface area contributed by atoms with Crippen molar-refractivity contribution in [2.45, 2.75) is 25.6 Å². The highest BCUT2D eigenvalue weighted by atomic mass is 79.9. The molecule has 1 atom stereocenters. The molecular formula is C10H15BrO2. The molecule has 0 bridgehead atoms. The molecule has 3 heteroatoms. The summed E-state index contributed by atoms with van der Waals surface area (Å²) in [5.41, 5.74) is 0.918. The Kier molecular flexibility index (Phi) is 6.59. The molecule has 0 rings (SSSR count). The van der Waals surface area contributed by atoms with E-state index in [9.17, 15) is 4.79 Å². The Labute approximate surface area is 87.8 Å². The van der Waals surface area contributed by atoms with Gasteiger partial charge in [0.15, 0.2) is 0 Å². The molecule has 0 aliphatic heterocycles. The molecule has 0 aromatic carbocycles. The third kappa shape index (κ3) is 4.27. The van der Waals surface area contributed by atoms with E-state index in [2.05, 4.69) is 15.9 Å². The van der Waals surface area contributed by atoms with Gasteiger partial charge in [0, 0.05) is 0 Å². The van der Waals surface area contributed by atoms with Gasteiger partial charge in [0.25, 0.3) is 0 Å². The molecule has 2 nitrogen and oxygen atoms in total. The number of hydrogen-bond donors (Lipinski definition) is 0. The van der Waals surface area contributed by atoms with Crippen LogP contribution in [0, 0.1) is 0 Å². The summed E-state index contributed by atoms with van der Waals surface area (Å²) < 4.78 is 4.87. The number of carbonyl (C=O) groups excluding carboxylic acids is 1. The van der Waals surface area contributed by atoms with Crippen molar-refractivity contribution in [1.82, 2.24) is 0 Å². The zero-order chi connectivity index (χ0) is 10.3. The summed E-state index contributed by atoms with van der Waals surface area (Å²) in [6.07, 6.45) is 5.66. The second-order valence-electron chi connectivity index (χ2n) is 2.40. The maximum absolute atomic E-state index is 11.3. The first-order chi connectivity index (χ1) is 6.17. The molecule has 0 spiro atoms. The lowest BCUT2D eigenvalue weighted by Gasteiger charge is -2.09. The summed E-state index contributed by atoms with van der Waals surface area (Å²) >= 11 is 3.28. The maximum Gasteiger partial charge on any atom is 0.324 e. The van der Waals surface area contributed by atoms with Crippen LogP contribution in [0.4, 0.5) is 0 Å². The van der Waals surface area contributed by atoms with Gasteiger partial charge >= 0.3 is 5.97 Å². The monoisotopic (exact) mass is 246 g/mol. The lowest BCUT2D eigenvalue weighted by molar-refractivity contribution is -0.141. The van der Waals surface area contributed by atoms with Crippen LogP contribution in [0.2, 0.25) is 0 Å². The molecule has 74 valence electrons. The number of allylic oxidation sites excluding steroid dienone is 3. The fourth-order valence-corrected chi connectivity index (χ4v) is 1.42. The number of hydrogen-bond acceptors (Lipinski definition) is 2. The fraction of sp³-hybridized carbons (Fsp3) is 0.500. The predicted molar refractivity (Wildman–Crippen MR) is 57.9 cm³/mol. The van der Waals surface area contributed by atoms with Crippen molar-refractivity contribution >= 4 is 21.9 Å². The molecule has 0 amide bonds. The van der Waals surface area contributed by atoms with Crippen LogP contribution >= 0.6 is 15.9 Å². The van der Waals surface area contributed by atoms with E-state index in [1.54, 1.807) is 6.92 Å². The zero-order valence-corrected chi connectivity index (χ0v) is 9.80. The molecule has 0 heterocycles. The fourth-order valence-electron chi connectivity index (χ4n) is 0.871. The van der Waals surface area contributed by atoms with Gasteiger partial charge in [0.05, 0.1) is 6.61 Å². The average Bonchev–Trinajstić information content (AvgIpc) is 2.13. The Balaban J connectivity index is 4.37. The Hall–Kier alpha value is -0.570. The smallest absolute Gasteiger partial charge is 0.324 e. The molecule has 0 radical (unpaired) electrons. The van der Waals surface area contributed by atoms with Crippen molar-refractivity contribution in [3.63, 3.8) is 0 Å². The van der Waals surface area contributed by atoms with Crippen LogP contribution in [0.5, 0.6) is 0 Å². The highest BCUT2D eigenvalue weighted by Gasteiger charge is 2.17. The average molecular weight is 247 g/mol. The molecule has 0 aromatic heterocycles. The van der Waals surface area contributed by atoms with Crippen molar-refractivity contribution in [2.24, 2.45) is 0 Å². The normalized spacial score (nSPS) is 14.6. The van der Waals surface area contributed by atoms with E-state index in [-0.39, 0.29) is 10.8 Å². The van der Waals surface area contributed by atoms with E-state index in [1.807, 2.05) is 32.1 Å². The van der Waals surface area contributed by atoms with Crippen LogP contribution in [-0.4, -0.2) is 17.4 Å². The summed E-state index contributed by atoms with van der Waals surface area (Å²) in [5, 5.41) is 0. The van der Waals surface area contributed by atoms with Gasteiger partial charge in [0.1, 0.15) is 4.83 Å². The number of alkyl halides is 1. The minimum atomic E-state index is -0.353. The first-order valence-electron chi connectivity index (χ1n) is 4.26. The van der Waals surface area contributed by atoms with E-state index in [4.69, 9.17) is 4.74 Å². The Bertz CT molecular complexity index is 219. The highest BCUT2D eigenvalue weighted by molar-refractivity contribution is 9.10. The largest absolute Gasteiger partial charge is 0.465 e. The number of esters is 1. The zero-order valence-electron chi connectivity index (χ0n) is 8.21. The third-order valence-electron chi connectivity index (χ3n) is 1.48. The van der Waals surface area contributed by atoms with Crippen LogP contribution in [0.1, 0.15) is 20.8 Å². The maximum atomic E-state index is 11.3. The van der Waals surface area contributed by atoms with Crippen molar-refractivity contribution in [2.75, 3.05) is 6.61 Å². The van der Waals surface area contributed by atoms with Gasteiger partial charge in [0.2, 0.25) is 0 Å². The first kappa shape index (κ1) is 12.4. The highest BCUT2D eigenvalue weighted by Crippen LogP contribution is 2.15. The van der Waals surface area contributed by atoms with Gasteiger partial charge < -0.3 is 4.74 Å². The summed E-state index contributed by atoms with van der Waals surface area (Å²) in [6, 6.07) is 0. The van der Waals surface area contributed by atoms with Crippen LogP contribution in [-0.2, 0) is 9.53 Å². The summed E-state index contributed by atoms with van der Waals surface area (Å²) in [6.45, 7) is 6.01. The predicted octanol–water partition coefficient (Wildman–Crippen LogP) is 2.84. The van der Waals surface area contributed by atoms with Crippen molar-refractivity contribution in [3.8, 4) is 0 Å². The lowest BCUT2D eigenvalue weighted by Crippen LogP contribution is -2.18. The molecule has 0 aromatic rings. The summed E-state index contributed by atoms with van der Waals surface area (Å²) in [7, 11) is 0.